The van der Waals surface area contributed by atoms with Crippen molar-refractivity contribution in [1.82, 2.24) is 9.78 Å². The van der Waals surface area contributed by atoms with Gasteiger partial charge in [0.25, 0.3) is 0 Å². The maximum absolute atomic E-state index is 14.5. The Labute approximate surface area is 173 Å². The Morgan fingerprint density at radius 1 is 1.43 bits per heavy atom. The lowest BCUT2D eigenvalue weighted by atomic mass is 9.97. The quantitative estimate of drug-likeness (QED) is 0.677. The molecule has 2 N–H and O–H groups in total. The van der Waals surface area contributed by atoms with Gasteiger partial charge in [0.05, 0.1) is 17.3 Å². The van der Waals surface area contributed by atoms with Gasteiger partial charge < -0.3 is 20.1 Å². The summed E-state index contributed by atoms with van der Waals surface area (Å²) in [7, 11) is 1.65. The molecule has 1 aromatic heterocycles. The van der Waals surface area contributed by atoms with E-state index in [1.807, 2.05) is 10.7 Å². The lowest BCUT2D eigenvalue weighted by Gasteiger charge is -2.21. The molecule has 2 aliphatic heterocycles. The van der Waals surface area contributed by atoms with E-state index in [-0.39, 0.29) is 17.5 Å². The first kappa shape index (κ1) is 20.5. The first-order valence-corrected chi connectivity index (χ1v) is 10.1. The number of hydrogen-bond acceptors (Lipinski definition) is 5. The van der Waals surface area contributed by atoms with Crippen molar-refractivity contribution >= 4 is 23.2 Å². The number of carbonyl (C=O) groups excluding carboxylic acids is 2. The number of fused-ring (bicyclic) bond motifs is 1. The van der Waals surface area contributed by atoms with Crippen molar-refractivity contribution in [3.8, 4) is 0 Å². The van der Waals surface area contributed by atoms with Gasteiger partial charge in [0, 0.05) is 45.2 Å². The highest BCUT2D eigenvalue weighted by Gasteiger charge is 2.37. The van der Waals surface area contributed by atoms with Crippen LogP contribution in [0.4, 0.5) is 15.8 Å². The molecule has 1 aromatic carbocycles. The average Bonchev–Trinajstić information content (AvgIpc) is 3.38. The van der Waals surface area contributed by atoms with E-state index in [9.17, 15) is 14.0 Å². The summed E-state index contributed by atoms with van der Waals surface area (Å²) in [5.74, 6) is -1.45. The first-order valence-electron chi connectivity index (χ1n) is 10.1. The van der Waals surface area contributed by atoms with Crippen LogP contribution in [0.1, 0.15) is 36.6 Å². The van der Waals surface area contributed by atoms with Crippen LogP contribution in [0.25, 0.3) is 0 Å². The molecule has 0 unspecified atom stereocenters. The maximum Gasteiger partial charge on any atom is 0.230 e. The molecule has 4 rings (SSSR count). The number of rotatable bonds is 7. The highest BCUT2D eigenvalue weighted by molar-refractivity contribution is 5.96. The van der Waals surface area contributed by atoms with Crippen molar-refractivity contribution in [2.45, 2.75) is 38.3 Å². The van der Waals surface area contributed by atoms with E-state index in [1.165, 1.54) is 6.07 Å². The number of nitrogens with one attached hydrogen (secondary N) is 2. The molecule has 0 radical (unpaired) electrons. The van der Waals surface area contributed by atoms with Gasteiger partial charge in [0.2, 0.25) is 11.8 Å². The zero-order chi connectivity index (χ0) is 21.1. The second-order valence-corrected chi connectivity index (χ2v) is 7.54. The van der Waals surface area contributed by atoms with Crippen LogP contribution in [0, 0.1) is 11.7 Å². The van der Waals surface area contributed by atoms with Gasteiger partial charge in [-0.15, -0.1) is 0 Å². The number of anilines is 2. The topological polar surface area (TPSA) is 94.5 Å². The molecule has 0 spiro atoms. The highest BCUT2D eigenvalue weighted by Crippen LogP contribution is 2.36. The van der Waals surface area contributed by atoms with Gasteiger partial charge in [-0.1, -0.05) is 0 Å². The minimum Gasteiger partial charge on any atom is -0.385 e. The Morgan fingerprint density at radius 2 is 2.30 bits per heavy atom. The smallest absolute Gasteiger partial charge is 0.230 e. The highest BCUT2D eigenvalue weighted by atomic mass is 19.1. The summed E-state index contributed by atoms with van der Waals surface area (Å²) in [4.78, 5) is 24.5. The van der Waals surface area contributed by atoms with Crippen molar-refractivity contribution < 1.29 is 23.5 Å². The van der Waals surface area contributed by atoms with Gasteiger partial charge in [-0.25, -0.2) is 4.39 Å². The van der Waals surface area contributed by atoms with Crippen LogP contribution >= 0.6 is 0 Å². The minimum absolute atomic E-state index is 0.120. The number of halogens is 1. The fraction of sp³-hybridized carbons (Fsp3) is 0.476. The molecular weight excluding hydrogens is 391 g/mol. The molecule has 8 nitrogen and oxygen atoms in total. The largest absolute Gasteiger partial charge is 0.385 e. The van der Waals surface area contributed by atoms with Crippen molar-refractivity contribution in [2.24, 2.45) is 5.92 Å². The lowest BCUT2D eigenvalue weighted by Crippen LogP contribution is -2.27. The number of carbonyl (C=O) groups is 2. The van der Waals surface area contributed by atoms with Crippen LogP contribution in [0.2, 0.25) is 0 Å². The summed E-state index contributed by atoms with van der Waals surface area (Å²) in [5, 5.41) is 9.71. The zero-order valence-corrected chi connectivity index (χ0v) is 16.8. The van der Waals surface area contributed by atoms with Gasteiger partial charge in [-0.05, 0) is 43.0 Å². The molecule has 2 aromatic rings. The summed E-state index contributed by atoms with van der Waals surface area (Å²) < 4.78 is 27.3. The molecule has 2 amide bonds. The van der Waals surface area contributed by atoms with Crippen LogP contribution in [0.15, 0.2) is 24.4 Å². The standard InChI is InChI=1S/C21H25FN4O4/c1-29-9-2-8-26-18(5-7-23-26)20-14(6-10-30-20)21(28)25-17-11-13-3-4-19(27)24-16(13)12-15(17)22/h5,7,11-12,14,20H,2-4,6,8-10H2,1H3,(H,24,27)(H,25,28)/t14-,20-/m0/s1. The summed E-state index contributed by atoms with van der Waals surface area (Å²) in [6.07, 6.45) is 3.46. The number of nitrogens with zero attached hydrogens (tertiary/aromatic N) is 2. The summed E-state index contributed by atoms with van der Waals surface area (Å²) in [5.41, 5.74) is 2.22. The van der Waals surface area contributed by atoms with Crippen molar-refractivity contribution in [1.29, 1.82) is 0 Å². The van der Waals surface area contributed by atoms with E-state index in [4.69, 9.17) is 9.47 Å². The normalized spacial score (nSPS) is 20.7. The van der Waals surface area contributed by atoms with Crippen LogP contribution in [-0.4, -0.2) is 41.9 Å². The van der Waals surface area contributed by atoms with E-state index < -0.39 is 17.8 Å². The molecule has 0 saturated carbocycles. The Morgan fingerprint density at radius 3 is 3.13 bits per heavy atom. The predicted octanol–water partition coefficient (Wildman–Crippen LogP) is 2.66. The molecule has 2 aliphatic rings. The SMILES string of the molecule is COCCCn1nccc1[C@H]1OCC[C@@H]1C(=O)Nc1cc2c(cc1F)NC(=O)CC2. The van der Waals surface area contributed by atoms with Gasteiger partial charge in [-0.3, -0.25) is 14.3 Å². The van der Waals surface area contributed by atoms with Crippen LogP contribution < -0.4 is 10.6 Å². The molecule has 1 saturated heterocycles. The minimum atomic E-state index is -0.579. The lowest BCUT2D eigenvalue weighted by molar-refractivity contribution is -0.121. The van der Waals surface area contributed by atoms with Crippen LogP contribution in [0.3, 0.4) is 0 Å². The second-order valence-electron chi connectivity index (χ2n) is 7.54. The third kappa shape index (κ3) is 4.22. The van der Waals surface area contributed by atoms with Gasteiger partial charge in [-0.2, -0.15) is 5.10 Å². The number of ether oxygens (including phenoxy) is 2. The van der Waals surface area contributed by atoms with E-state index in [0.29, 0.717) is 44.7 Å². The molecular formula is C21H25FN4O4. The van der Waals surface area contributed by atoms with E-state index >= 15 is 0 Å². The molecule has 30 heavy (non-hydrogen) atoms. The summed E-state index contributed by atoms with van der Waals surface area (Å²) >= 11 is 0. The molecule has 0 bridgehead atoms. The number of hydrogen-bond donors (Lipinski definition) is 2. The average molecular weight is 416 g/mol. The Kier molecular flexibility index (Phi) is 6.10. The summed E-state index contributed by atoms with van der Waals surface area (Å²) in [6, 6.07) is 4.71. The zero-order valence-electron chi connectivity index (χ0n) is 16.8. The summed E-state index contributed by atoms with van der Waals surface area (Å²) in [6.45, 7) is 1.73. The van der Waals surface area contributed by atoms with Crippen molar-refractivity contribution in [2.75, 3.05) is 31.0 Å². The first-order chi connectivity index (χ1) is 14.6. The molecule has 0 aliphatic carbocycles. The predicted molar refractivity (Wildman–Crippen MR) is 108 cm³/mol. The molecule has 160 valence electrons. The number of amides is 2. The fourth-order valence-corrected chi connectivity index (χ4v) is 4.00. The van der Waals surface area contributed by atoms with Crippen LogP contribution in [-0.2, 0) is 32.0 Å². The second kappa shape index (κ2) is 8.93. The van der Waals surface area contributed by atoms with Gasteiger partial charge >= 0.3 is 0 Å². The Hall–Kier alpha value is -2.78. The molecule has 9 heteroatoms. The number of aromatic nitrogens is 2. The van der Waals surface area contributed by atoms with E-state index in [1.54, 1.807) is 19.4 Å². The van der Waals surface area contributed by atoms with Crippen LogP contribution in [0.5, 0.6) is 0 Å². The van der Waals surface area contributed by atoms with E-state index in [2.05, 4.69) is 15.7 Å². The maximum atomic E-state index is 14.5. The van der Waals surface area contributed by atoms with Crippen molar-refractivity contribution in [3.63, 3.8) is 0 Å². The Bertz CT molecular complexity index is 945. The number of aryl methyl sites for hydroxylation is 2. The number of methoxy groups -OCH3 is 1. The van der Waals surface area contributed by atoms with Gasteiger partial charge in [0.1, 0.15) is 11.9 Å². The monoisotopic (exact) mass is 416 g/mol. The molecule has 2 atom stereocenters. The molecule has 3 heterocycles. The third-order valence-corrected chi connectivity index (χ3v) is 5.53. The van der Waals surface area contributed by atoms with E-state index in [0.717, 1.165) is 17.7 Å². The third-order valence-electron chi connectivity index (χ3n) is 5.53. The fourth-order valence-electron chi connectivity index (χ4n) is 4.00. The molecule has 1 fully saturated rings. The van der Waals surface area contributed by atoms with Gasteiger partial charge in [0.15, 0.2) is 0 Å². The Balaban J connectivity index is 1.49. The number of benzene rings is 1. The van der Waals surface area contributed by atoms with Crippen molar-refractivity contribution in [3.05, 3.63) is 41.5 Å².